The van der Waals surface area contributed by atoms with Crippen molar-refractivity contribution in [2.75, 3.05) is 18.9 Å². The lowest BCUT2D eigenvalue weighted by Gasteiger charge is -2.22. The Morgan fingerprint density at radius 2 is 2.21 bits per heavy atom. The van der Waals surface area contributed by atoms with Gasteiger partial charge in [0.05, 0.1) is 12.2 Å². The standard InChI is InChI=1S/C11H13F3N4O/c1-17-4-5-18-8(7-17)6-9(16-18)15-10(19)2-3-11(12,13)14/h2-3,6H,4-5,7H2,1H3,(H,15,16,19)/b3-2+. The second kappa shape index (κ2) is 5.04. The molecule has 0 aromatic carbocycles. The molecule has 1 aromatic heterocycles. The number of nitrogens with zero attached hydrogens (tertiary/aromatic N) is 3. The van der Waals surface area contributed by atoms with Gasteiger partial charge in [-0.15, -0.1) is 0 Å². The molecule has 0 radical (unpaired) electrons. The molecule has 5 nitrogen and oxygen atoms in total. The Morgan fingerprint density at radius 3 is 2.89 bits per heavy atom. The number of hydrogen-bond donors (Lipinski definition) is 1. The van der Waals surface area contributed by atoms with E-state index >= 15 is 0 Å². The topological polar surface area (TPSA) is 50.2 Å². The van der Waals surface area contributed by atoms with Crippen LogP contribution in [0.15, 0.2) is 18.2 Å². The number of carbonyl (C=O) groups excluding carboxylic acids is 1. The fourth-order valence-corrected chi connectivity index (χ4v) is 1.80. The summed E-state index contributed by atoms with van der Waals surface area (Å²) in [5.74, 6) is -0.580. The molecule has 8 heteroatoms. The maximum Gasteiger partial charge on any atom is 0.409 e. The minimum Gasteiger partial charge on any atom is -0.306 e. The largest absolute Gasteiger partial charge is 0.409 e. The van der Waals surface area contributed by atoms with Gasteiger partial charge in [-0.2, -0.15) is 18.3 Å². The van der Waals surface area contributed by atoms with Crippen LogP contribution < -0.4 is 5.32 Å². The fraction of sp³-hybridized carbons (Fsp3) is 0.455. The van der Waals surface area contributed by atoms with Crippen LogP contribution >= 0.6 is 0 Å². The van der Waals surface area contributed by atoms with E-state index in [4.69, 9.17) is 0 Å². The van der Waals surface area contributed by atoms with E-state index in [0.717, 1.165) is 12.2 Å². The number of aromatic nitrogens is 2. The Morgan fingerprint density at radius 1 is 1.47 bits per heavy atom. The average Bonchev–Trinajstić information content (AvgIpc) is 2.66. The van der Waals surface area contributed by atoms with Crippen molar-refractivity contribution >= 4 is 11.7 Å². The fourth-order valence-electron chi connectivity index (χ4n) is 1.80. The summed E-state index contributed by atoms with van der Waals surface area (Å²) >= 11 is 0. The third-order valence-electron chi connectivity index (χ3n) is 2.66. The van der Waals surface area contributed by atoms with E-state index < -0.39 is 12.1 Å². The number of carbonyl (C=O) groups is 1. The van der Waals surface area contributed by atoms with Gasteiger partial charge in [-0.25, -0.2) is 0 Å². The second-order valence-corrected chi connectivity index (χ2v) is 4.35. The summed E-state index contributed by atoms with van der Waals surface area (Å²) in [7, 11) is 1.96. The number of amides is 1. The number of halogens is 3. The summed E-state index contributed by atoms with van der Waals surface area (Å²) in [5.41, 5.74) is 0.920. The summed E-state index contributed by atoms with van der Waals surface area (Å²) in [6.07, 6.45) is -4.15. The van der Waals surface area contributed by atoms with Crippen LogP contribution in [0.5, 0.6) is 0 Å². The molecule has 0 bridgehead atoms. The van der Waals surface area contributed by atoms with Crippen LogP contribution in [0.3, 0.4) is 0 Å². The summed E-state index contributed by atoms with van der Waals surface area (Å²) in [6, 6.07) is 1.66. The van der Waals surface area contributed by atoms with Gasteiger partial charge in [0.25, 0.3) is 0 Å². The predicted octanol–water partition coefficient (Wildman–Crippen LogP) is 1.39. The van der Waals surface area contributed by atoms with E-state index in [2.05, 4.69) is 15.3 Å². The Labute approximate surface area is 107 Å². The number of hydrogen-bond acceptors (Lipinski definition) is 3. The van der Waals surface area contributed by atoms with Gasteiger partial charge in [0.2, 0.25) is 5.91 Å². The third-order valence-corrected chi connectivity index (χ3v) is 2.66. The second-order valence-electron chi connectivity index (χ2n) is 4.35. The van der Waals surface area contributed by atoms with Crippen molar-refractivity contribution in [2.24, 2.45) is 0 Å². The van der Waals surface area contributed by atoms with Crippen molar-refractivity contribution in [3.63, 3.8) is 0 Å². The Bertz CT molecular complexity index is 507. The van der Waals surface area contributed by atoms with Crippen molar-refractivity contribution in [1.29, 1.82) is 0 Å². The monoisotopic (exact) mass is 274 g/mol. The number of likely N-dealkylation sites (N-methyl/N-ethyl adjacent to an activating group) is 1. The first-order valence-electron chi connectivity index (χ1n) is 5.66. The molecule has 1 amide bonds. The molecule has 0 saturated heterocycles. The van der Waals surface area contributed by atoms with Crippen LogP contribution in [0.25, 0.3) is 0 Å². The number of alkyl halides is 3. The molecular formula is C11H13F3N4O. The molecule has 2 heterocycles. The van der Waals surface area contributed by atoms with Crippen LogP contribution in [-0.4, -0.2) is 40.4 Å². The van der Waals surface area contributed by atoms with Crippen LogP contribution in [0.4, 0.5) is 19.0 Å². The molecule has 0 saturated carbocycles. The molecule has 19 heavy (non-hydrogen) atoms. The number of rotatable bonds is 2. The van der Waals surface area contributed by atoms with Gasteiger partial charge in [-0.1, -0.05) is 0 Å². The van der Waals surface area contributed by atoms with Crippen LogP contribution in [-0.2, 0) is 17.9 Å². The smallest absolute Gasteiger partial charge is 0.306 e. The van der Waals surface area contributed by atoms with Gasteiger partial charge >= 0.3 is 6.18 Å². The maximum absolute atomic E-state index is 11.9. The highest BCUT2D eigenvalue weighted by molar-refractivity contribution is 5.98. The molecule has 0 atom stereocenters. The van der Waals surface area contributed by atoms with Gasteiger partial charge in [0.15, 0.2) is 5.82 Å². The van der Waals surface area contributed by atoms with Crippen molar-refractivity contribution in [1.82, 2.24) is 14.7 Å². The third kappa shape index (κ3) is 3.82. The van der Waals surface area contributed by atoms with Gasteiger partial charge in [-0.3, -0.25) is 14.4 Å². The molecular weight excluding hydrogens is 261 g/mol. The Kier molecular flexibility index (Phi) is 3.61. The molecule has 2 rings (SSSR count). The molecule has 0 fully saturated rings. The Balaban J connectivity index is 2.01. The molecule has 1 aromatic rings. The van der Waals surface area contributed by atoms with E-state index in [1.807, 2.05) is 7.05 Å². The van der Waals surface area contributed by atoms with Crippen molar-refractivity contribution in [2.45, 2.75) is 19.3 Å². The van der Waals surface area contributed by atoms with E-state index in [9.17, 15) is 18.0 Å². The number of fused-ring (bicyclic) bond motifs is 1. The highest BCUT2D eigenvalue weighted by Crippen LogP contribution is 2.17. The molecule has 104 valence electrons. The zero-order valence-electron chi connectivity index (χ0n) is 10.2. The van der Waals surface area contributed by atoms with Crippen molar-refractivity contribution < 1.29 is 18.0 Å². The molecule has 1 N–H and O–H groups in total. The average molecular weight is 274 g/mol. The SMILES string of the molecule is CN1CCn2nc(NC(=O)/C=C/C(F)(F)F)cc2C1. The van der Waals surface area contributed by atoms with E-state index in [1.165, 1.54) is 0 Å². The minimum absolute atomic E-state index is 0.105. The predicted molar refractivity (Wildman–Crippen MR) is 62.4 cm³/mol. The lowest BCUT2D eigenvalue weighted by atomic mass is 10.3. The first-order valence-corrected chi connectivity index (χ1v) is 5.66. The number of nitrogens with one attached hydrogen (secondary N) is 1. The summed E-state index contributed by atoms with van der Waals surface area (Å²) in [6.45, 7) is 2.23. The van der Waals surface area contributed by atoms with Crippen molar-refractivity contribution in [3.05, 3.63) is 23.9 Å². The van der Waals surface area contributed by atoms with Crippen LogP contribution in [0.2, 0.25) is 0 Å². The maximum atomic E-state index is 11.9. The molecule has 0 spiro atoms. The normalized spacial score (nSPS) is 16.6. The molecule has 0 aliphatic carbocycles. The van der Waals surface area contributed by atoms with Crippen LogP contribution in [0, 0.1) is 0 Å². The summed E-state index contributed by atoms with van der Waals surface area (Å²) in [5, 5.41) is 6.42. The minimum atomic E-state index is -4.49. The quantitative estimate of drug-likeness (QED) is 0.829. The number of anilines is 1. The van der Waals surface area contributed by atoms with E-state index in [1.54, 1.807) is 10.7 Å². The first-order chi connectivity index (χ1) is 8.83. The van der Waals surface area contributed by atoms with E-state index in [0.29, 0.717) is 19.2 Å². The zero-order valence-corrected chi connectivity index (χ0v) is 10.2. The lowest BCUT2D eigenvalue weighted by molar-refractivity contribution is -0.112. The van der Waals surface area contributed by atoms with Gasteiger partial charge < -0.3 is 5.32 Å². The van der Waals surface area contributed by atoms with Gasteiger partial charge in [-0.05, 0) is 7.05 Å². The van der Waals surface area contributed by atoms with Crippen LogP contribution in [0.1, 0.15) is 5.69 Å². The van der Waals surface area contributed by atoms with E-state index in [-0.39, 0.29) is 11.9 Å². The van der Waals surface area contributed by atoms with Gasteiger partial charge in [0.1, 0.15) is 0 Å². The molecule has 1 aliphatic heterocycles. The summed E-state index contributed by atoms with van der Waals surface area (Å²) < 4.78 is 37.4. The molecule has 1 aliphatic rings. The summed E-state index contributed by atoms with van der Waals surface area (Å²) in [4.78, 5) is 13.4. The highest BCUT2D eigenvalue weighted by atomic mass is 19.4. The first kappa shape index (κ1) is 13.6. The van der Waals surface area contributed by atoms with Gasteiger partial charge in [0, 0.05) is 31.3 Å². The highest BCUT2D eigenvalue weighted by Gasteiger charge is 2.22. The Hall–Kier alpha value is -1.83. The number of allylic oxidation sites excluding steroid dienone is 1. The lowest BCUT2D eigenvalue weighted by Crippen LogP contribution is -2.30. The molecule has 0 unspecified atom stereocenters. The van der Waals surface area contributed by atoms with Crippen molar-refractivity contribution in [3.8, 4) is 0 Å². The zero-order chi connectivity index (χ0) is 14.0.